The highest BCUT2D eigenvalue weighted by Gasteiger charge is 2.31. The van der Waals surface area contributed by atoms with Crippen molar-refractivity contribution in [3.63, 3.8) is 0 Å². The Hall–Kier alpha value is -1.89. The highest BCUT2D eigenvalue weighted by Crippen LogP contribution is 2.26. The van der Waals surface area contributed by atoms with E-state index < -0.39 is 10.0 Å². The summed E-state index contributed by atoms with van der Waals surface area (Å²) in [5.41, 5.74) is 1.31. The first kappa shape index (κ1) is 20.8. The van der Waals surface area contributed by atoms with Gasteiger partial charge in [-0.25, -0.2) is 8.42 Å². The molecule has 1 saturated heterocycles. The quantitative estimate of drug-likeness (QED) is 0.796. The normalized spacial score (nSPS) is 20.7. The molecule has 0 unspecified atom stereocenters. The fourth-order valence-corrected chi connectivity index (χ4v) is 5.55. The molecule has 0 aromatic heterocycles. The van der Waals surface area contributed by atoms with E-state index in [1.54, 1.807) is 28.6 Å². The summed E-state index contributed by atoms with van der Waals surface area (Å²) in [6, 6.07) is 13.4. The lowest BCUT2D eigenvalue weighted by Gasteiger charge is -2.34. The molecule has 1 aliphatic rings. The Kier molecular flexibility index (Phi) is 6.43. The van der Waals surface area contributed by atoms with E-state index >= 15 is 0 Å². The second-order valence-electron chi connectivity index (χ2n) is 7.61. The van der Waals surface area contributed by atoms with Gasteiger partial charge < -0.3 is 5.32 Å². The van der Waals surface area contributed by atoms with E-state index in [-0.39, 0.29) is 10.8 Å². The number of carbonyl (C=O) groups is 1. The SMILES string of the molecule is C[C@@H]1C[C@H](C)CN(S(=O)(=O)c2ccc(C(=O)NCc3cccc(Cl)c3)cc2)C1. The summed E-state index contributed by atoms with van der Waals surface area (Å²) in [6.07, 6.45) is 1.04. The average molecular weight is 421 g/mol. The van der Waals surface area contributed by atoms with Crippen LogP contribution in [0.15, 0.2) is 53.4 Å². The zero-order valence-electron chi connectivity index (χ0n) is 16.1. The molecule has 0 radical (unpaired) electrons. The Morgan fingerprint density at radius 3 is 2.36 bits per heavy atom. The number of hydrogen-bond acceptors (Lipinski definition) is 3. The predicted molar refractivity (Wildman–Crippen MR) is 111 cm³/mol. The van der Waals surface area contributed by atoms with Crippen molar-refractivity contribution >= 4 is 27.5 Å². The van der Waals surface area contributed by atoms with Crippen molar-refractivity contribution in [1.29, 1.82) is 0 Å². The van der Waals surface area contributed by atoms with Crippen molar-refractivity contribution in [2.75, 3.05) is 13.1 Å². The van der Waals surface area contributed by atoms with Gasteiger partial charge in [0.15, 0.2) is 0 Å². The van der Waals surface area contributed by atoms with Gasteiger partial charge in [-0.2, -0.15) is 4.31 Å². The topological polar surface area (TPSA) is 66.5 Å². The maximum Gasteiger partial charge on any atom is 0.251 e. The maximum absolute atomic E-state index is 12.9. The Labute approximate surface area is 171 Å². The fourth-order valence-electron chi connectivity index (χ4n) is 3.66. The van der Waals surface area contributed by atoms with Crippen LogP contribution >= 0.6 is 11.6 Å². The molecule has 0 saturated carbocycles. The van der Waals surface area contributed by atoms with E-state index in [0.717, 1.165) is 12.0 Å². The fraction of sp³-hybridized carbons (Fsp3) is 0.381. The van der Waals surface area contributed by atoms with Crippen LogP contribution < -0.4 is 5.32 Å². The first-order valence-electron chi connectivity index (χ1n) is 9.38. The molecule has 1 N–H and O–H groups in total. The Morgan fingerprint density at radius 1 is 1.11 bits per heavy atom. The molecular formula is C21H25ClN2O3S. The molecule has 150 valence electrons. The molecule has 28 heavy (non-hydrogen) atoms. The van der Waals surface area contributed by atoms with Gasteiger partial charge in [-0.1, -0.05) is 37.6 Å². The number of nitrogens with one attached hydrogen (secondary N) is 1. The molecule has 1 amide bonds. The Morgan fingerprint density at radius 2 is 1.75 bits per heavy atom. The smallest absolute Gasteiger partial charge is 0.251 e. The minimum Gasteiger partial charge on any atom is -0.348 e. The lowest BCUT2D eigenvalue weighted by molar-refractivity contribution is 0.0951. The number of nitrogens with zero attached hydrogens (tertiary/aromatic N) is 1. The van der Waals surface area contributed by atoms with Crippen LogP contribution in [0.3, 0.4) is 0 Å². The van der Waals surface area contributed by atoms with Crippen LogP contribution in [-0.4, -0.2) is 31.7 Å². The monoisotopic (exact) mass is 420 g/mol. The molecule has 1 fully saturated rings. The van der Waals surface area contributed by atoms with Gasteiger partial charge in [-0.15, -0.1) is 0 Å². The van der Waals surface area contributed by atoms with E-state index in [9.17, 15) is 13.2 Å². The zero-order valence-corrected chi connectivity index (χ0v) is 17.6. The van der Waals surface area contributed by atoms with Crippen LogP contribution in [0.1, 0.15) is 36.2 Å². The maximum atomic E-state index is 12.9. The minimum absolute atomic E-state index is 0.222. The number of benzene rings is 2. The largest absolute Gasteiger partial charge is 0.348 e. The van der Waals surface area contributed by atoms with Crippen molar-refractivity contribution < 1.29 is 13.2 Å². The minimum atomic E-state index is -3.54. The molecule has 1 heterocycles. The number of carbonyl (C=O) groups excluding carboxylic acids is 1. The van der Waals surface area contributed by atoms with Gasteiger partial charge >= 0.3 is 0 Å². The summed E-state index contributed by atoms with van der Waals surface area (Å²) in [7, 11) is -3.54. The van der Waals surface area contributed by atoms with Gasteiger partial charge in [0, 0.05) is 30.2 Å². The van der Waals surface area contributed by atoms with Crippen LogP contribution in [0.25, 0.3) is 0 Å². The molecule has 5 nitrogen and oxygen atoms in total. The summed E-state index contributed by atoms with van der Waals surface area (Å²) in [5, 5.41) is 3.43. The van der Waals surface area contributed by atoms with Gasteiger partial charge in [-0.3, -0.25) is 4.79 Å². The second kappa shape index (κ2) is 8.64. The van der Waals surface area contributed by atoms with E-state index in [1.165, 1.54) is 12.1 Å². The summed E-state index contributed by atoms with van der Waals surface area (Å²) >= 11 is 5.95. The molecule has 2 aromatic carbocycles. The van der Waals surface area contributed by atoms with Crippen molar-refractivity contribution in [3.05, 3.63) is 64.7 Å². The van der Waals surface area contributed by atoms with E-state index in [0.29, 0.717) is 42.1 Å². The van der Waals surface area contributed by atoms with Crippen LogP contribution in [-0.2, 0) is 16.6 Å². The Balaban J connectivity index is 1.67. The second-order valence-corrected chi connectivity index (χ2v) is 9.98. The number of hydrogen-bond donors (Lipinski definition) is 1. The van der Waals surface area contributed by atoms with Crippen LogP contribution in [0, 0.1) is 11.8 Å². The highest BCUT2D eigenvalue weighted by molar-refractivity contribution is 7.89. The first-order valence-corrected chi connectivity index (χ1v) is 11.2. The number of sulfonamides is 1. The first-order chi connectivity index (χ1) is 13.3. The van der Waals surface area contributed by atoms with Gasteiger partial charge in [0.1, 0.15) is 0 Å². The van der Waals surface area contributed by atoms with Crippen molar-refractivity contribution in [2.45, 2.75) is 31.7 Å². The number of piperidine rings is 1. The summed E-state index contributed by atoms with van der Waals surface area (Å²) in [5.74, 6) is 0.425. The Bertz CT molecular complexity index is 934. The molecular weight excluding hydrogens is 396 g/mol. The van der Waals surface area contributed by atoms with Crippen LogP contribution in [0.5, 0.6) is 0 Å². The van der Waals surface area contributed by atoms with Gasteiger partial charge in [-0.05, 0) is 60.2 Å². The molecule has 2 atom stereocenters. The molecule has 0 aliphatic carbocycles. The van der Waals surface area contributed by atoms with Gasteiger partial charge in [0.25, 0.3) is 5.91 Å². The molecule has 0 bridgehead atoms. The van der Waals surface area contributed by atoms with Crippen LogP contribution in [0.2, 0.25) is 5.02 Å². The zero-order chi connectivity index (χ0) is 20.3. The highest BCUT2D eigenvalue weighted by atomic mass is 35.5. The molecule has 7 heteroatoms. The van der Waals surface area contributed by atoms with E-state index in [4.69, 9.17) is 11.6 Å². The summed E-state index contributed by atoms with van der Waals surface area (Å²) in [4.78, 5) is 12.6. The third kappa shape index (κ3) is 4.93. The predicted octanol–water partition coefficient (Wildman–Crippen LogP) is 3.94. The molecule has 0 spiro atoms. The van der Waals surface area contributed by atoms with Crippen molar-refractivity contribution in [3.8, 4) is 0 Å². The van der Waals surface area contributed by atoms with Crippen LogP contribution in [0.4, 0.5) is 0 Å². The lowest BCUT2D eigenvalue weighted by Crippen LogP contribution is -2.42. The molecule has 2 aromatic rings. The van der Waals surface area contributed by atoms with Gasteiger partial charge in [0.05, 0.1) is 4.90 Å². The van der Waals surface area contributed by atoms with Crippen molar-refractivity contribution in [1.82, 2.24) is 9.62 Å². The summed E-state index contributed by atoms with van der Waals surface area (Å²) in [6.45, 7) is 5.57. The summed E-state index contributed by atoms with van der Waals surface area (Å²) < 4.78 is 27.4. The number of amides is 1. The third-order valence-corrected chi connectivity index (χ3v) is 7.01. The number of halogens is 1. The van der Waals surface area contributed by atoms with Gasteiger partial charge in [0.2, 0.25) is 10.0 Å². The lowest BCUT2D eigenvalue weighted by atomic mass is 9.94. The van der Waals surface area contributed by atoms with E-state index in [1.807, 2.05) is 12.1 Å². The average Bonchev–Trinajstić information content (AvgIpc) is 2.65. The standard InChI is InChI=1S/C21H25ClN2O3S/c1-15-10-16(2)14-24(13-15)28(26,27)20-8-6-18(7-9-20)21(25)23-12-17-4-3-5-19(22)11-17/h3-9,11,15-16H,10,12-14H2,1-2H3,(H,23,25)/t15-,16+. The molecule has 3 rings (SSSR count). The number of rotatable bonds is 5. The van der Waals surface area contributed by atoms with E-state index in [2.05, 4.69) is 19.2 Å². The molecule has 1 aliphatic heterocycles. The van der Waals surface area contributed by atoms with Crippen molar-refractivity contribution in [2.24, 2.45) is 11.8 Å². The third-order valence-electron chi connectivity index (χ3n) is 4.93.